The van der Waals surface area contributed by atoms with Crippen LogP contribution < -0.4 is 0 Å². The van der Waals surface area contributed by atoms with Crippen LogP contribution in [-0.2, 0) is 9.47 Å². The molecular weight excluding hydrogens is 228 g/mol. The molecule has 1 heterocycles. The summed E-state index contributed by atoms with van der Waals surface area (Å²) in [5, 5.41) is 10.3. The lowest BCUT2D eigenvalue weighted by Gasteiger charge is -2.42. The lowest BCUT2D eigenvalue weighted by atomic mass is 9.71. The molecule has 2 aliphatic carbocycles. The van der Waals surface area contributed by atoms with Crippen molar-refractivity contribution in [2.45, 2.75) is 77.0 Å². The Morgan fingerprint density at radius 3 is 2.00 bits per heavy atom. The van der Waals surface area contributed by atoms with Gasteiger partial charge in [-0.2, -0.15) is 0 Å². The van der Waals surface area contributed by atoms with Crippen LogP contribution in [0.5, 0.6) is 0 Å². The van der Waals surface area contributed by atoms with Gasteiger partial charge < -0.3 is 14.6 Å². The van der Waals surface area contributed by atoms with E-state index in [0.717, 1.165) is 12.8 Å². The summed E-state index contributed by atoms with van der Waals surface area (Å²) in [5.41, 5.74) is 0. The normalized spacial score (nSPS) is 51.3. The molecule has 3 fully saturated rings. The van der Waals surface area contributed by atoms with Crippen molar-refractivity contribution in [3.8, 4) is 0 Å². The van der Waals surface area contributed by atoms with Crippen molar-refractivity contribution < 1.29 is 14.6 Å². The summed E-state index contributed by atoms with van der Waals surface area (Å²) in [4.78, 5) is 0. The number of ether oxygens (including phenoxy) is 2. The summed E-state index contributed by atoms with van der Waals surface area (Å²) >= 11 is 0. The zero-order valence-electron chi connectivity index (χ0n) is 11.8. The molecule has 1 saturated heterocycles. The van der Waals surface area contributed by atoms with Gasteiger partial charge in [-0.25, -0.2) is 0 Å². The van der Waals surface area contributed by atoms with Crippen molar-refractivity contribution >= 4 is 0 Å². The molecule has 0 bridgehead atoms. The van der Waals surface area contributed by atoms with E-state index in [9.17, 15) is 5.11 Å². The van der Waals surface area contributed by atoms with Gasteiger partial charge in [0.1, 0.15) is 0 Å². The van der Waals surface area contributed by atoms with Crippen LogP contribution >= 0.6 is 0 Å². The molecule has 1 aliphatic heterocycles. The van der Waals surface area contributed by atoms with Gasteiger partial charge >= 0.3 is 0 Å². The molecule has 1 N–H and O–H groups in total. The highest BCUT2D eigenvalue weighted by Crippen LogP contribution is 2.49. The zero-order valence-corrected chi connectivity index (χ0v) is 11.8. The summed E-state index contributed by atoms with van der Waals surface area (Å²) in [7, 11) is 0. The molecule has 1 spiro atoms. The summed E-state index contributed by atoms with van der Waals surface area (Å²) in [6, 6.07) is 0. The maximum Gasteiger partial charge on any atom is 0.169 e. The second-order valence-corrected chi connectivity index (χ2v) is 6.70. The quantitative estimate of drug-likeness (QED) is 0.722. The Labute approximate surface area is 110 Å². The molecule has 3 aliphatic rings. The van der Waals surface area contributed by atoms with Gasteiger partial charge in [0.25, 0.3) is 0 Å². The smallest absolute Gasteiger partial charge is 0.169 e. The first kappa shape index (κ1) is 12.9. The molecule has 0 aromatic heterocycles. The average Bonchev–Trinajstić information content (AvgIpc) is 2.74. The maximum absolute atomic E-state index is 10.3. The largest absolute Gasteiger partial charge is 0.392 e. The van der Waals surface area contributed by atoms with Gasteiger partial charge in [0.2, 0.25) is 0 Å². The second-order valence-electron chi connectivity index (χ2n) is 6.70. The van der Waals surface area contributed by atoms with Crippen LogP contribution in [0.15, 0.2) is 0 Å². The van der Waals surface area contributed by atoms with E-state index in [2.05, 4.69) is 20.8 Å². The molecule has 2 saturated carbocycles. The lowest BCUT2D eigenvalue weighted by Crippen LogP contribution is -2.51. The summed E-state index contributed by atoms with van der Waals surface area (Å²) in [6.07, 6.45) is 5.78. The Morgan fingerprint density at radius 2 is 1.39 bits per heavy atom. The maximum atomic E-state index is 10.3. The molecule has 18 heavy (non-hydrogen) atoms. The fourth-order valence-corrected chi connectivity index (χ4v) is 4.08. The lowest BCUT2D eigenvalue weighted by molar-refractivity contribution is -0.198. The predicted molar refractivity (Wildman–Crippen MR) is 69.1 cm³/mol. The second kappa shape index (κ2) is 4.46. The standard InChI is InChI=1S/C15H26O3/c1-9-10(2)13-14(11(3)12(9)16)18-15(17-13)7-5-4-6-8-15/h9-14,16H,4-8H2,1-3H3/t9?,10-,11?,12+,13-,14?/m1/s1. The van der Waals surface area contributed by atoms with Crippen LogP contribution in [0.4, 0.5) is 0 Å². The van der Waals surface area contributed by atoms with Crippen LogP contribution in [0.2, 0.25) is 0 Å². The number of aliphatic hydroxyl groups excluding tert-OH is 1. The van der Waals surface area contributed by atoms with Gasteiger partial charge in [-0.3, -0.25) is 0 Å². The van der Waals surface area contributed by atoms with E-state index >= 15 is 0 Å². The Hall–Kier alpha value is -0.120. The van der Waals surface area contributed by atoms with Crippen molar-refractivity contribution in [2.75, 3.05) is 0 Å². The number of hydrogen-bond donors (Lipinski definition) is 1. The van der Waals surface area contributed by atoms with Crippen molar-refractivity contribution in [3.63, 3.8) is 0 Å². The topological polar surface area (TPSA) is 38.7 Å². The molecule has 3 unspecified atom stereocenters. The van der Waals surface area contributed by atoms with E-state index in [-0.39, 0.29) is 30.0 Å². The molecule has 104 valence electrons. The fourth-order valence-electron chi connectivity index (χ4n) is 4.08. The highest BCUT2D eigenvalue weighted by atomic mass is 16.8. The first-order chi connectivity index (χ1) is 8.54. The Balaban J connectivity index is 1.82. The van der Waals surface area contributed by atoms with Crippen LogP contribution in [0, 0.1) is 17.8 Å². The van der Waals surface area contributed by atoms with Gasteiger partial charge in [-0.05, 0) is 24.7 Å². The summed E-state index contributed by atoms with van der Waals surface area (Å²) < 4.78 is 12.7. The molecular formula is C15H26O3. The third kappa shape index (κ3) is 1.83. The van der Waals surface area contributed by atoms with Gasteiger partial charge in [-0.1, -0.05) is 27.2 Å². The van der Waals surface area contributed by atoms with E-state index in [1.165, 1.54) is 19.3 Å². The monoisotopic (exact) mass is 254 g/mol. The predicted octanol–water partition coefficient (Wildman–Crippen LogP) is 2.71. The molecule has 0 amide bonds. The number of hydrogen-bond acceptors (Lipinski definition) is 3. The zero-order chi connectivity index (χ0) is 12.9. The van der Waals surface area contributed by atoms with Crippen molar-refractivity contribution in [2.24, 2.45) is 17.8 Å². The number of rotatable bonds is 0. The van der Waals surface area contributed by atoms with Gasteiger partial charge in [0.05, 0.1) is 18.3 Å². The van der Waals surface area contributed by atoms with Crippen LogP contribution in [-0.4, -0.2) is 29.2 Å². The van der Waals surface area contributed by atoms with Crippen LogP contribution in [0.1, 0.15) is 52.9 Å². The van der Waals surface area contributed by atoms with Gasteiger partial charge in [-0.15, -0.1) is 0 Å². The van der Waals surface area contributed by atoms with Gasteiger partial charge in [0, 0.05) is 18.8 Å². The van der Waals surface area contributed by atoms with E-state index in [4.69, 9.17) is 9.47 Å². The Morgan fingerprint density at radius 1 is 0.833 bits per heavy atom. The molecule has 3 heteroatoms. The van der Waals surface area contributed by atoms with Crippen molar-refractivity contribution in [3.05, 3.63) is 0 Å². The van der Waals surface area contributed by atoms with E-state index in [0.29, 0.717) is 11.8 Å². The first-order valence-electron chi connectivity index (χ1n) is 7.58. The van der Waals surface area contributed by atoms with Crippen molar-refractivity contribution in [1.29, 1.82) is 0 Å². The molecule has 0 aromatic rings. The summed E-state index contributed by atoms with van der Waals surface area (Å²) in [5.74, 6) is 0.536. The number of aliphatic hydroxyl groups is 1. The Kier molecular flexibility index (Phi) is 3.20. The average molecular weight is 254 g/mol. The van der Waals surface area contributed by atoms with Crippen LogP contribution in [0.25, 0.3) is 0 Å². The minimum Gasteiger partial charge on any atom is -0.392 e. The summed E-state index contributed by atoms with van der Waals surface area (Å²) in [6.45, 7) is 6.44. The SMILES string of the molecule is CC1C2OC3(CCCCC3)O[C@@H]2[C@H](C)C(C)[C@@H]1O. The van der Waals surface area contributed by atoms with E-state index < -0.39 is 0 Å². The van der Waals surface area contributed by atoms with E-state index in [1.54, 1.807) is 0 Å². The minimum absolute atomic E-state index is 0.0873. The molecule has 3 rings (SSSR count). The van der Waals surface area contributed by atoms with Crippen molar-refractivity contribution in [1.82, 2.24) is 0 Å². The Bertz CT molecular complexity index is 287. The van der Waals surface area contributed by atoms with Gasteiger partial charge in [0.15, 0.2) is 5.79 Å². The highest BCUT2D eigenvalue weighted by Gasteiger charge is 2.56. The molecule has 3 nitrogen and oxygen atoms in total. The first-order valence-corrected chi connectivity index (χ1v) is 7.58. The third-order valence-electron chi connectivity index (χ3n) is 5.58. The molecule has 6 atom stereocenters. The highest BCUT2D eigenvalue weighted by molar-refractivity contribution is 5.00. The minimum atomic E-state index is -0.320. The van der Waals surface area contributed by atoms with Crippen LogP contribution in [0.3, 0.4) is 0 Å². The molecule has 0 aromatic carbocycles. The molecule has 0 radical (unpaired) electrons. The third-order valence-corrected chi connectivity index (χ3v) is 5.58. The fraction of sp³-hybridized carbons (Fsp3) is 1.00. The van der Waals surface area contributed by atoms with E-state index in [1.807, 2.05) is 0 Å². The number of fused-ring (bicyclic) bond motifs is 1.